The second-order valence-electron chi connectivity index (χ2n) is 11.5. The molecule has 3 fully saturated rings. The average Bonchev–Trinajstić information content (AvgIpc) is 2.83. The minimum Gasteiger partial charge on any atom is -0.339 e. The van der Waals surface area contributed by atoms with Gasteiger partial charge in [-0.3, -0.25) is 4.79 Å². The highest BCUT2D eigenvalue weighted by Crippen LogP contribution is 2.43. The zero-order chi connectivity index (χ0) is 22.1. The molecule has 3 rings (SSSR count). The molecule has 0 aromatic rings. The fourth-order valence-electron chi connectivity index (χ4n) is 7.20. The van der Waals surface area contributed by atoms with Gasteiger partial charge in [0, 0.05) is 13.1 Å². The molecule has 0 N–H and O–H groups in total. The number of hydrogen-bond acceptors (Lipinski definition) is 1. The van der Waals surface area contributed by atoms with Crippen LogP contribution in [0.2, 0.25) is 0 Å². The van der Waals surface area contributed by atoms with Gasteiger partial charge in [-0.05, 0) is 74.2 Å². The predicted octanol–water partition coefficient (Wildman–Crippen LogP) is 8.16. The standard InChI is InChI=1S/C29H51NO/c1-4-6-7-8-23-9-11-24(12-10-23)13-14-25-15-17-26(18-16-25)27-19-21-28(22-20-27)30(3)29(31)5-2/h5,23-28H,2,4,6-22H2,1,3H3. The maximum absolute atomic E-state index is 11.9. The Hall–Kier alpha value is -0.790. The van der Waals surface area contributed by atoms with Crippen molar-refractivity contribution in [3.8, 4) is 0 Å². The van der Waals surface area contributed by atoms with Gasteiger partial charge in [-0.2, -0.15) is 0 Å². The Kier molecular flexibility index (Phi) is 10.5. The Morgan fingerprint density at radius 2 is 1.19 bits per heavy atom. The van der Waals surface area contributed by atoms with Gasteiger partial charge in [0.25, 0.3) is 0 Å². The highest BCUT2D eigenvalue weighted by atomic mass is 16.2. The minimum atomic E-state index is 0.0916. The summed E-state index contributed by atoms with van der Waals surface area (Å²) in [7, 11) is 1.96. The van der Waals surface area contributed by atoms with Gasteiger partial charge in [0.05, 0.1) is 0 Å². The van der Waals surface area contributed by atoms with E-state index in [-0.39, 0.29) is 5.91 Å². The summed E-state index contributed by atoms with van der Waals surface area (Å²) in [5.41, 5.74) is 0. The number of nitrogens with zero attached hydrogens (tertiary/aromatic N) is 1. The van der Waals surface area contributed by atoms with Gasteiger partial charge < -0.3 is 4.90 Å². The molecule has 0 saturated heterocycles. The zero-order valence-electron chi connectivity index (χ0n) is 20.8. The van der Waals surface area contributed by atoms with E-state index in [9.17, 15) is 4.79 Å². The maximum atomic E-state index is 11.9. The first-order chi connectivity index (χ1) is 15.1. The van der Waals surface area contributed by atoms with Crippen molar-refractivity contribution in [2.24, 2.45) is 29.6 Å². The highest BCUT2D eigenvalue weighted by molar-refractivity contribution is 5.87. The molecule has 0 aromatic carbocycles. The van der Waals surface area contributed by atoms with Gasteiger partial charge in [0.1, 0.15) is 0 Å². The van der Waals surface area contributed by atoms with Crippen LogP contribution in [-0.2, 0) is 4.79 Å². The maximum Gasteiger partial charge on any atom is 0.245 e. The molecule has 0 heterocycles. The molecule has 31 heavy (non-hydrogen) atoms. The topological polar surface area (TPSA) is 20.3 Å². The number of rotatable bonds is 10. The molecule has 0 spiro atoms. The molecule has 0 bridgehead atoms. The van der Waals surface area contributed by atoms with E-state index < -0.39 is 0 Å². The Bertz CT molecular complexity index is 519. The Morgan fingerprint density at radius 3 is 1.68 bits per heavy atom. The van der Waals surface area contributed by atoms with Crippen LogP contribution in [0.4, 0.5) is 0 Å². The molecule has 0 aromatic heterocycles. The molecule has 178 valence electrons. The average molecular weight is 430 g/mol. The lowest BCUT2D eigenvalue weighted by Crippen LogP contribution is -2.39. The molecule has 2 nitrogen and oxygen atoms in total. The van der Waals surface area contributed by atoms with Gasteiger partial charge in [-0.1, -0.05) is 90.6 Å². The van der Waals surface area contributed by atoms with Crippen molar-refractivity contribution in [3.63, 3.8) is 0 Å². The van der Waals surface area contributed by atoms with Crippen molar-refractivity contribution < 1.29 is 4.79 Å². The Morgan fingerprint density at radius 1 is 0.742 bits per heavy atom. The molecule has 0 aliphatic heterocycles. The van der Waals surface area contributed by atoms with Crippen molar-refractivity contribution in [2.45, 2.75) is 129 Å². The summed E-state index contributed by atoms with van der Waals surface area (Å²) in [4.78, 5) is 13.8. The third kappa shape index (κ3) is 7.64. The summed E-state index contributed by atoms with van der Waals surface area (Å²) in [5, 5.41) is 0. The molecule has 0 radical (unpaired) electrons. The van der Waals surface area contributed by atoms with Crippen molar-refractivity contribution >= 4 is 5.91 Å². The normalized spacial score (nSPS) is 34.3. The molecule has 0 unspecified atom stereocenters. The van der Waals surface area contributed by atoms with Crippen LogP contribution in [0.25, 0.3) is 0 Å². The lowest BCUT2D eigenvalue weighted by Gasteiger charge is -2.40. The summed E-state index contributed by atoms with van der Waals surface area (Å²) >= 11 is 0. The van der Waals surface area contributed by atoms with Gasteiger partial charge in [-0.15, -0.1) is 0 Å². The molecule has 3 aliphatic rings. The van der Waals surface area contributed by atoms with Crippen LogP contribution < -0.4 is 0 Å². The second kappa shape index (κ2) is 13.0. The quantitative estimate of drug-likeness (QED) is 0.253. The van der Waals surface area contributed by atoms with Gasteiger partial charge in [-0.25, -0.2) is 0 Å². The summed E-state index contributed by atoms with van der Waals surface area (Å²) in [6.07, 6.45) is 27.4. The largest absolute Gasteiger partial charge is 0.339 e. The van der Waals surface area contributed by atoms with E-state index in [1.165, 1.54) is 122 Å². The zero-order valence-corrected chi connectivity index (χ0v) is 20.8. The van der Waals surface area contributed by atoms with E-state index in [2.05, 4.69) is 13.5 Å². The molecule has 1 amide bonds. The molecular weight excluding hydrogens is 378 g/mol. The minimum absolute atomic E-state index is 0.0916. The van der Waals surface area contributed by atoms with Crippen molar-refractivity contribution in [2.75, 3.05) is 7.05 Å². The van der Waals surface area contributed by atoms with Crippen molar-refractivity contribution in [3.05, 3.63) is 12.7 Å². The Labute approximate surface area is 193 Å². The number of hydrogen-bond donors (Lipinski definition) is 0. The van der Waals surface area contributed by atoms with E-state index in [1.807, 2.05) is 11.9 Å². The monoisotopic (exact) mass is 429 g/mol. The van der Waals surface area contributed by atoms with Gasteiger partial charge in [0.2, 0.25) is 5.91 Å². The van der Waals surface area contributed by atoms with Crippen LogP contribution >= 0.6 is 0 Å². The Balaban J connectivity index is 1.27. The van der Waals surface area contributed by atoms with Gasteiger partial charge in [0.15, 0.2) is 0 Å². The van der Waals surface area contributed by atoms with Crippen LogP contribution in [0.1, 0.15) is 122 Å². The lowest BCUT2D eigenvalue weighted by molar-refractivity contribution is -0.127. The lowest BCUT2D eigenvalue weighted by atomic mass is 9.69. The molecule has 3 saturated carbocycles. The number of likely N-dealkylation sites (N-methyl/N-ethyl adjacent to an activating group) is 1. The van der Waals surface area contributed by atoms with Crippen LogP contribution in [0, 0.1) is 29.6 Å². The molecule has 3 aliphatic carbocycles. The third-order valence-corrected chi connectivity index (χ3v) is 9.53. The van der Waals surface area contributed by atoms with Crippen molar-refractivity contribution in [1.82, 2.24) is 4.90 Å². The highest BCUT2D eigenvalue weighted by Gasteiger charge is 2.32. The fourth-order valence-corrected chi connectivity index (χ4v) is 7.20. The van der Waals surface area contributed by atoms with Crippen LogP contribution in [0.3, 0.4) is 0 Å². The SMILES string of the molecule is C=CC(=O)N(C)C1CCC(C2CCC(CCC3CCC(CCCCC)CC3)CC2)CC1. The number of carbonyl (C=O) groups excluding carboxylic acids is 1. The van der Waals surface area contributed by atoms with Gasteiger partial charge >= 0.3 is 0 Å². The van der Waals surface area contributed by atoms with E-state index in [1.54, 1.807) is 0 Å². The van der Waals surface area contributed by atoms with E-state index in [4.69, 9.17) is 0 Å². The smallest absolute Gasteiger partial charge is 0.245 e. The number of unbranched alkanes of at least 4 members (excludes halogenated alkanes) is 2. The van der Waals surface area contributed by atoms with E-state index in [0.29, 0.717) is 6.04 Å². The first-order valence-corrected chi connectivity index (χ1v) is 14.0. The van der Waals surface area contributed by atoms with Crippen LogP contribution in [0.15, 0.2) is 12.7 Å². The summed E-state index contributed by atoms with van der Waals surface area (Å²) in [5.74, 6) is 5.11. The third-order valence-electron chi connectivity index (χ3n) is 9.53. The second-order valence-corrected chi connectivity index (χ2v) is 11.5. The molecular formula is C29H51NO. The van der Waals surface area contributed by atoms with Crippen LogP contribution in [0.5, 0.6) is 0 Å². The molecule has 0 atom stereocenters. The summed E-state index contributed by atoms with van der Waals surface area (Å²) in [6.45, 7) is 5.96. The first kappa shape index (κ1) is 24.8. The van der Waals surface area contributed by atoms with E-state index in [0.717, 1.165) is 29.6 Å². The predicted molar refractivity (Wildman–Crippen MR) is 133 cm³/mol. The number of amides is 1. The van der Waals surface area contributed by atoms with Crippen molar-refractivity contribution in [1.29, 1.82) is 0 Å². The fraction of sp³-hybridized carbons (Fsp3) is 0.897. The number of carbonyl (C=O) groups is 1. The summed E-state index contributed by atoms with van der Waals surface area (Å²) < 4.78 is 0. The van der Waals surface area contributed by atoms with E-state index >= 15 is 0 Å². The first-order valence-electron chi connectivity index (χ1n) is 14.0. The molecule has 2 heteroatoms. The summed E-state index contributed by atoms with van der Waals surface area (Å²) in [6, 6.07) is 0.444. The van der Waals surface area contributed by atoms with Crippen LogP contribution in [-0.4, -0.2) is 23.9 Å².